The first-order valence-corrected chi connectivity index (χ1v) is 10.0. The van der Waals surface area contributed by atoms with Gasteiger partial charge in [-0.3, -0.25) is 14.7 Å². The SMILES string of the molecule is CC(C)(C)C(=O)N1CCCC1c1cnc(N2CC3(CCOCC3)OC2=O)cn1. The summed E-state index contributed by atoms with van der Waals surface area (Å²) in [5, 5.41) is 0. The van der Waals surface area contributed by atoms with Crippen LogP contribution in [0.4, 0.5) is 10.6 Å². The molecule has 0 aromatic carbocycles. The lowest BCUT2D eigenvalue weighted by Gasteiger charge is -2.31. The minimum absolute atomic E-state index is 0.0550. The number of aromatic nitrogens is 2. The normalized spacial score (nSPS) is 24.7. The molecule has 4 rings (SSSR count). The van der Waals surface area contributed by atoms with Crippen molar-refractivity contribution in [1.82, 2.24) is 14.9 Å². The quantitative estimate of drug-likeness (QED) is 0.774. The Labute approximate surface area is 165 Å². The van der Waals surface area contributed by atoms with Gasteiger partial charge in [-0.05, 0) is 12.8 Å². The molecule has 0 radical (unpaired) electrons. The van der Waals surface area contributed by atoms with Crippen LogP contribution in [0.25, 0.3) is 0 Å². The number of nitrogens with zero attached hydrogens (tertiary/aromatic N) is 4. The van der Waals surface area contributed by atoms with E-state index < -0.39 is 11.0 Å². The summed E-state index contributed by atoms with van der Waals surface area (Å²) in [6, 6.07) is -0.0550. The summed E-state index contributed by atoms with van der Waals surface area (Å²) in [7, 11) is 0. The van der Waals surface area contributed by atoms with Gasteiger partial charge >= 0.3 is 6.09 Å². The number of rotatable bonds is 2. The molecule has 3 aliphatic heterocycles. The molecular weight excluding hydrogens is 360 g/mol. The molecule has 1 spiro atoms. The van der Waals surface area contributed by atoms with Crippen molar-refractivity contribution < 1.29 is 19.1 Å². The molecule has 8 nitrogen and oxygen atoms in total. The third kappa shape index (κ3) is 3.45. The molecule has 1 aromatic heterocycles. The topological polar surface area (TPSA) is 84.9 Å². The number of amides is 2. The van der Waals surface area contributed by atoms with Crippen molar-refractivity contribution >= 4 is 17.8 Å². The van der Waals surface area contributed by atoms with E-state index in [-0.39, 0.29) is 18.0 Å². The summed E-state index contributed by atoms with van der Waals surface area (Å²) >= 11 is 0. The summed E-state index contributed by atoms with van der Waals surface area (Å²) in [6.45, 7) is 8.23. The minimum Gasteiger partial charge on any atom is -0.440 e. The molecule has 0 saturated carbocycles. The van der Waals surface area contributed by atoms with Crippen molar-refractivity contribution in [2.24, 2.45) is 5.41 Å². The fourth-order valence-corrected chi connectivity index (χ4v) is 4.19. The van der Waals surface area contributed by atoms with E-state index in [2.05, 4.69) is 9.97 Å². The molecule has 3 fully saturated rings. The van der Waals surface area contributed by atoms with Crippen LogP contribution in [0.5, 0.6) is 0 Å². The fourth-order valence-electron chi connectivity index (χ4n) is 4.19. The van der Waals surface area contributed by atoms with E-state index >= 15 is 0 Å². The maximum absolute atomic E-state index is 12.7. The van der Waals surface area contributed by atoms with Gasteiger partial charge in [0.1, 0.15) is 5.60 Å². The number of likely N-dealkylation sites (tertiary alicyclic amines) is 1. The summed E-state index contributed by atoms with van der Waals surface area (Å²) in [5.74, 6) is 0.620. The molecular formula is C20H28N4O4. The third-order valence-corrected chi connectivity index (χ3v) is 5.81. The minimum atomic E-state index is -0.475. The number of anilines is 1. The fraction of sp³-hybridized carbons (Fsp3) is 0.700. The van der Waals surface area contributed by atoms with Crippen LogP contribution in [0.1, 0.15) is 58.2 Å². The van der Waals surface area contributed by atoms with Gasteiger partial charge in [-0.2, -0.15) is 0 Å². The maximum Gasteiger partial charge on any atom is 0.416 e. The zero-order valence-electron chi connectivity index (χ0n) is 16.8. The standard InChI is InChI=1S/C20H28N4O4/c1-19(2,3)17(25)23-8-4-5-15(23)14-11-22-16(12-21-14)24-13-20(28-18(24)26)6-9-27-10-7-20/h11-12,15H,4-10,13H2,1-3H3. The van der Waals surface area contributed by atoms with Gasteiger partial charge in [-0.15, -0.1) is 0 Å². The molecule has 2 amide bonds. The van der Waals surface area contributed by atoms with E-state index in [9.17, 15) is 9.59 Å². The van der Waals surface area contributed by atoms with Crippen LogP contribution in [0.3, 0.4) is 0 Å². The van der Waals surface area contributed by atoms with E-state index in [1.807, 2.05) is 25.7 Å². The van der Waals surface area contributed by atoms with Crippen LogP contribution in [0.15, 0.2) is 12.4 Å². The third-order valence-electron chi connectivity index (χ3n) is 5.81. The molecule has 0 aliphatic carbocycles. The van der Waals surface area contributed by atoms with Crippen LogP contribution >= 0.6 is 0 Å². The lowest BCUT2D eigenvalue weighted by atomic mass is 9.94. The summed E-state index contributed by atoms with van der Waals surface area (Å²) in [6.07, 6.45) is 6.17. The Morgan fingerprint density at radius 2 is 1.96 bits per heavy atom. The van der Waals surface area contributed by atoms with Crippen molar-refractivity contribution in [3.63, 3.8) is 0 Å². The van der Waals surface area contributed by atoms with Gasteiger partial charge in [0.05, 0.1) is 43.9 Å². The van der Waals surface area contributed by atoms with Gasteiger partial charge in [0, 0.05) is 24.8 Å². The molecule has 1 atom stereocenters. The monoisotopic (exact) mass is 388 g/mol. The summed E-state index contributed by atoms with van der Waals surface area (Å²) in [4.78, 5) is 37.6. The van der Waals surface area contributed by atoms with Gasteiger partial charge in [0.15, 0.2) is 5.82 Å². The van der Waals surface area contributed by atoms with E-state index in [1.54, 1.807) is 17.3 Å². The smallest absolute Gasteiger partial charge is 0.416 e. The second kappa shape index (κ2) is 6.99. The van der Waals surface area contributed by atoms with Crippen molar-refractivity contribution in [2.75, 3.05) is 31.2 Å². The highest BCUT2D eigenvalue weighted by Gasteiger charge is 2.47. The highest BCUT2D eigenvalue weighted by molar-refractivity contribution is 5.89. The molecule has 0 N–H and O–H groups in total. The molecule has 3 aliphatic rings. The Morgan fingerprint density at radius 1 is 1.21 bits per heavy atom. The van der Waals surface area contributed by atoms with Crippen LogP contribution in [0.2, 0.25) is 0 Å². The second-order valence-corrected chi connectivity index (χ2v) is 8.96. The number of carbonyl (C=O) groups is 2. The number of hydrogen-bond acceptors (Lipinski definition) is 6. The molecule has 4 heterocycles. The lowest BCUT2D eigenvalue weighted by molar-refractivity contribution is -0.140. The van der Waals surface area contributed by atoms with Crippen molar-refractivity contribution in [3.05, 3.63) is 18.1 Å². The van der Waals surface area contributed by atoms with E-state index in [4.69, 9.17) is 9.47 Å². The molecule has 0 bridgehead atoms. The Bertz CT molecular complexity index is 752. The van der Waals surface area contributed by atoms with Crippen molar-refractivity contribution in [1.29, 1.82) is 0 Å². The van der Waals surface area contributed by atoms with Gasteiger partial charge in [-0.25, -0.2) is 9.78 Å². The molecule has 3 saturated heterocycles. The Hall–Kier alpha value is -2.22. The van der Waals surface area contributed by atoms with Gasteiger partial charge in [-0.1, -0.05) is 20.8 Å². The maximum atomic E-state index is 12.7. The molecule has 1 unspecified atom stereocenters. The largest absolute Gasteiger partial charge is 0.440 e. The predicted molar refractivity (Wildman–Crippen MR) is 102 cm³/mol. The number of carbonyl (C=O) groups excluding carboxylic acids is 2. The molecule has 28 heavy (non-hydrogen) atoms. The van der Waals surface area contributed by atoms with E-state index in [1.165, 1.54) is 0 Å². The second-order valence-electron chi connectivity index (χ2n) is 8.96. The van der Waals surface area contributed by atoms with Crippen molar-refractivity contribution in [3.8, 4) is 0 Å². The van der Waals surface area contributed by atoms with E-state index in [0.717, 1.165) is 25.1 Å². The zero-order valence-corrected chi connectivity index (χ0v) is 16.8. The van der Waals surface area contributed by atoms with Crippen LogP contribution < -0.4 is 4.90 Å². The predicted octanol–water partition coefficient (Wildman–Crippen LogP) is 2.69. The summed E-state index contributed by atoms with van der Waals surface area (Å²) < 4.78 is 11.0. The Balaban J connectivity index is 1.50. The first-order valence-electron chi connectivity index (χ1n) is 10.0. The molecule has 152 valence electrons. The first-order chi connectivity index (χ1) is 13.3. The zero-order chi connectivity index (χ0) is 19.9. The molecule has 1 aromatic rings. The average molecular weight is 388 g/mol. The van der Waals surface area contributed by atoms with Gasteiger partial charge < -0.3 is 14.4 Å². The highest BCUT2D eigenvalue weighted by atomic mass is 16.6. The number of hydrogen-bond donors (Lipinski definition) is 0. The lowest BCUT2D eigenvalue weighted by Crippen LogP contribution is -2.40. The Kier molecular flexibility index (Phi) is 4.77. The Morgan fingerprint density at radius 3 is 2.61 bits per heavy atom. The average Bonchev–Trinajstić information content (AvgIpc) is 3.26. The summed E-state index contributed by atoms with van der Waals surface area (Å²) in [5.41, 5.74) is -0.128. The number of ether oxygens (including phenoxy) is 2. The van der Waals surface area contributed by atoms with Gasteiger partial charge in [0.25, 0.3) is 0 Å². The highest BCUT2D eigenvalue weighted by Crippen LogP contribution is 2.36. The van der Waals surface area contributed by atoms with Crippen LogP contribution in [0, 0.1) is 5.41 Å². The van der Waals surface area contributed by atoms with Crippen LogP contribution in [-0.2, 0) is 14.3 Å². The van der Waals surface area contributed by atoms with Crippen molar-refractivity contribution in [2.45, 2.75) is 58.1 Å². The van der Waals surface area contributed by atoms with Crippen LogP contribution in [-0.4, -0.2) is 58.8 Å². The molecule has 8 heteroatoms. The van der Waals surface area contributed by atoms with Gasteiger partial charge in [0.2, 0.25) is 5.91 Å². The first kappa shape index (κ1) is 19.1. The van der Waals surface area contributed by atoms with E-state index in [0.29, 0.717) is 38.4 Å².